The molecule has 27 heavy (non-hydrogen) atoms. The van der Waals surface area contributed by atoms with Crippen LogP contribution < -0.4 is 10.6 Å². The van der Waals surface area contributed by atoms with Crippen LogP contribution in [0.25, 0.3) is 0 Å². The van der Waals surface area contributed by atoms with E-state index in [9.17, 15) is 18.3 Å². The van der Waals surface area contributed by atoms with Crippen molar-refractivity contribution in [2.75, 3.05) is 26.7 Å². The van der Waals surface area contributed by atoms with Crippen molar-refractivity contribution in [1.29, 1.82) is 0 Å². The lowest BCUT2D eigenvalue weighted by atomic mass is 9.88. The van der Waals surface area contributed by atoms with E-state index in [-0.39, 0.29) is 11.8 Å². The van der Waals surface area contributed by atoms with Gasteiger partial charge in [0.15, 0.2) is 5.96 Å². The lowest BCUT2D eigenvalue weighted by molar-refractivity contribution is -0.143. The summed E-state index contributed by atoms with van der Waals surface area (Å²) in [5.41, 5.74) is 3.39. The summed E-state index contributed by atoms with van der Waals surface area (Å²) >= 11 is 0. The highest BCUT2D eigenvalue weighted by Gasteiger charge is 2.34. The van der Waals surface area contributed by atoms with E-state index in [1.807, 2.05) is 6.07 Å². The number of alkyl halides is 3. The Bertz CT molecular complexity index is 690. The predicted molar refractivity (Wildman–Crippen MR) is 99.0 cm³/mol. The second kappa shape index (κ2) is 8.37. The van der Waals surface area contributed by atoms with Crippen LogP contribution in [0.4, 0.5) is 13.2 Å². The second-order valence-corrected chi connectivity index (χ2v) is 7.31. The largest absolute Gasteiger partial charge is 0.508 e. The number of benzene rings is 1. The van der Waals surface area contributed by atoms with Crippen molar-refractivity contribution >= 4 is 5.96 Å². The third-order valence-corrected chi connectivity index (χ3v) is 5.30. The lowest BCUT2D eigenvalue weighted by Gasteiger charge is -2.22. The minimum absolute atomic E-state index is 0.0724. The molecule has 3 N–H and O–H groups in total. The van der Waals surface area contributed by atoms with Gasteiger partial charge >= 0.3 is 6.18 Å². The molecule has 1 fully saturated rings. The zero-order chi connectivity index (χ0) is 19.4. The number of phenols is 1. The SMILES string of the molecule is CN=C(NCc1c(O)ccc2c1CCCC2)NC1CCN(CC(F)(F)F)C1. The average Bonchev–Trinajstić information content (AvgIpc) is 3.04. The minimum Gasteiger partial charge on any atom is -0.508 e. The number of hydrogen-bond acceptors (Lipinski definition) is 3. The van der Waals surface area contributed by atoms with Crippen molar-refractivity contribution in [2.45, 2.75) is 50.9 Å². The van der Waals surface area contributed by atoms with Crippen molar-refractivity contribution < 1.29 is 18.3 Å². The molecular weight excluding hydrogens is 357 g/mol. The molecule has 1 saturated heterocycles. The van der Waals surface area contributed by atoms with Crippen molar-refractivity contribution in [2.24, 2.45) is 4.99 Å². The van der Waals surface area contributed by atoms with Gasteiger partial charge in [0.1, 0.15) is 5.75 Å². The van der Waals surface area contributed by atoms with Gasteiger partial charge in [0, 0.05) is 38.3 Å². The van der Waals surface area contributed by atoms with Crippen LogP contribution >= 0.6 is 0 Å². The normalized spacial score (nSPS) is 21.2. The van der Waals surface area contributed by atoms with Gasteiger partial charge in [-0.2, -0.15) is 13.2 Å². The summed E-state index contributed by atoms with van der Waals surface area (Å²) in [5.74, 6) is 0.817. The molecule has 0 aromatic heterocycles. The Labute approximate surface area is 157 Å². The summed E-state index contributed by atoms with van der Waals surface area (Å²) in [6.07, 6.45) is 0.757. The maximum atomic E-state index is 12.5. The number of aryl methyl sites for hydroxylation is 1. The summed E-state index contributed by atoms with van der Waals surface area (Å²) in [6.45, 7) is 0.322. The number of nitrogens with one attached hydrogen (secondary N) is 2. The summed E-state index contributed by atoms with van der Waals surface area (Å²) in [6, 6.07) is 3.66. The Balaban J connectivity index is 1.56. The third kappa shape index (κ3) is 5.28. The molecule has 1 aliphatic carbocycles. The first kappa shape index (κ1) is 19.8. The van der Waals surface area contributed by atoms with Crippen LogP contribution in [-0.4, -0.2) is 54.9 Å². The molecule has 5 nitrogen and oxygen atoms in total. The molecule has 3 rings (SSSR count). The smallest absolute Gasteiger partial charge is 0.401 e. The predicted octanol–water partition coefficient (Wildman–Crippen LogP) is 2.57. The van der Waals surface area contributed by atoms with Gasteiger partial charge in [-0.15, -0.1) is 0 Å². The number of rotatable bonds is 4. The number of fused-ring (bicyclic) bond motifs is 1. The first-order valence-electron chi connectivity index (χ1n) is 9.44. The van der Waals surface area contributed by atoms with E-state index in [4.69, 9.17) is 0 Å². The van der Waals surface area contributed by atoms with Crippen molar-refractivity contribution in [1.82, 2.24) is 15.5 Å². The van der Waals surface area contributed by atoms with Crippen molar-refractivity contribution in [3.63, 3.8) is 0 Å². The number of halogens is 3. The summed E-state index contributed by atoms with van der Waals surface area (Å²) in [4.78, 5) is 5.59. The van der Waals surface area contributed by atoms with Crippen LogP contribution in [0, 0.1) is 0 Å². The number of phenolic OH excluding ortho intramolecular Hbond substituents is 1. The molecule has 0 amide bonds. The maximum absolute atomic E-state index is 12.5. The molecule has 1 unspecified atom stereocenters. The van der Waals surface area contributed by atoms with Crippen LogP contribution in [0.15, 0.2) is 17.1 Å². The Morgan fingerprint density at radius 2 is 2.07 bits per heavy atom. The molecular formula is C19H27F3N4O. The van der Waals surface area contributed by atoms with Crippen molar-refractivity contribution in [3.8, 4) is 5.75 Å². The Morgan fingerprint density at radius 1 is 1.30 bits per heavy atom. The van der Waals surface area contributed by atoms with Crippen LogP contribution in [-0.2, 0) is 19.4 Å². The highest BCUT2D eigenvalue weighted by Crippen LogP contribution is 2.30. The van der Waals surface area contributed by atoms with Gasteiger partial charge in [-0.05, 0) is 49.3 Å². The van der Waals surface area contributed by atoms with Gasteiger partial charge in [0.05, 0.1) is 6.54 Å². The molecule has 1 heterocycles. The van der Waals surface area contributed by atoms with E-state index in [1.54, 1.807) is 13.1 Å². The molecule has 0 bridgehead atoms. The number of aliphatic imine (C=N–C) groups is 1. The fourth-order valence-corrected chi connectivity index (χ4v) is 4.00. The van der Waals surface area contributed by atoms with Gasteiger partial charge < -0.3 is 15.7 Å². The molecule has 1 aromatic carbocycles. The number of guanidine groups is 1. The minimum atomic E-state index is -4.17. The number of likely N-dealkylation sites (tertiary alicyclic amines) is 1. The molecule has 0 spiro atoms. The molecule has 8 heteroatoms. The van der Waals surface area contributed by atoms with E-state index in [2.05, 4.69) is 15.6 Å². The van der Waals surface area contributed by atoms with Crippen LogP contribution in [0.1, 0.15) is 36.0 Å². The topological polar surface area (TPSA) is 59.9 Å². The molecule has 150 valence electrons. The quantitative estimate of drug-likeness (QED) is 0.552. The first-order chi connectivity index (χ1) is 12.9. The lowest BCUT2D eigenvalue weighted by Crippen LogP contribution is -2.45. The van der Waals surface area contributed by atoms with E-state index >= 15 is 0 Å². The van der Waals surface area contributed by atoms with Gasteiger partial charge in [0.25, 0.3) is 0 Å². The zero-order valence-electron chi connectivity index (χ0n) is 15.6. The highest BCUT2D eigenvalue weighted by atomic mass is 19.4. The Hall–Kier alpha value is -1.96. The van der Waals surface area contributed by atoms with Gasteiger partial charge in [-0.3, -0.25) is 9.89 Å². The van der Waals surface area contributed by atoms with E-state index in [0.717, 1.165) is 24.8 Å². The standard InChI is InChI=1S/C19H27F3N4O/c1-23-18(25-14-8-9-26(11-14)12-19(20,21)22)24-10-16-15-5-3-2-4-13(15)6-7-17(16)27/h6-7,14,27H,2-5,8-12H2,1H3,(H2,23,24,25). The van der Waals surface area contributed by atoms with Crippen LogP contribution in [0.2, 0.25) is 0 Å². The zero-order valence-corrected chi connectivity index (χ0v) is 15.6. The van der Waals surface area contributed by atoms with E-state index in [0.29, 0.717) is 32.0 Å². The average molecular weight is 384 g/mol. The fraction of sp³-hybridized carbons (Fsp3) is 0.632. The van der Waals surface area contributed by atoms with Gasteiger partial charge in [-0.1, -0.05) is 6.07 Å². The van der Waals surface area contributed by atoms with Crippen LogP contribution in [0.3, 0.4) is 0 Å². The summed E-state index contributed by atoms with van der Waals surface area (Å²) in [7, 11) is 1.64. The Kier molecular flexibility index (Phi) is 6.14. The highest BCUT2D eigenvalue weighted by molar-refractivity contribution is 5.80. The molecule has 2 aliphatic rings. The summed E-state index contributed by atoms with van der Waals surface area (Å²) in [5, 5.41) is 16.7. The monoisotopic (exact) mass is 384 g/mol. The number of aromatic hydroxyl groups is 1. The number of hydrogen-bond donors (Lipinski definition) is 3. The fourth-order valence-electron chi connectivity index (χ4n) is 4.00. The van der Waals surface area contributed by atoms with Gasteiger partial charge in [-0.25, -0.2) is 0 Å². The molecule has 1 aromatic rings. The molecule has 1 aliphatic heterocycles. The van der Waals surface area contributed by atoms with E-state index < -0.39 is 12.7 Å². The third-order valence-electron chi connectivity index (χ3n) is 5.30. The maximum Gasteiger partial charge on any atom is 0.401 e. The molecule has 0 saturated carbocycles. The van der Waals surface area contributed by atoms with Crippen molar-refractivity contribution in [3.05, 3.63) is 28.8 Å². The molecule has 1 atom stereocenters. The Morgan fingerprint density at radius 3 is 2.81 bits per heavy atom. The summed E-state index contributed by atoms with van der Waals surface area (Å²) < 4.78 is 37.6. The van der Waals surface area contributed by atoms with Crippen LogP contribution in [0.5, 0.6) is 5.75 Å². The second-order valence-electron chi connectivity index (χ2n) is 7.31. The van der Waals surface area contributed by atoms with E-state index in [1.165, 1.54) is 22.4 Å². The molecule has 0 radical (unpaired) electrons. The van der Waals surface area contributed by atoms with Gasteiger partial charge in [0.2, 0.25) is 0 Å². The first-order valence-corrected chi connectivity index (χ1v) is 9.44. The number of nitrogens with zero attached hydrogens (tertiary/aromatic N) is 2.